The van der Waals surface area contributed by atoms with E-state index < -0.39 is 11.9 Å². The van der Waals surface area contributed by atoms with E-state index in [4.69, 9.17) is 9.47 Å². The molecular formula is C20H26O6. The molecule has 0 bridgehead atoms. The highest BCUT2D eigenvalue weighted by atomic mass is 16.5. The number of carbonyl (C=O) groups excluding carboxylic acids is 4. The average molecular weight is 362 g/mol. The number of Topliss-reactive ketones (excluding diaryl/α,β-unsaturated/α-hetero) is 1. The summed E-state index contributed by atoms with van der Waals surface area (Å²) in [5, 5.41) is 0. The minimum Gasteiger partial charge on any atom is -0.426 e. The van der Waals surface area contributed by atoms with E-state index >= 15 is 0 Å². The maximum atomic E-state index is 12.4. The van der Waals surface area contributed by atoms with Crippen molar-refractivity contribution in [1.29, 1.82) is 0 Å². The minimum absolute atomic E-state index is 0.0129. The maximum absolute atomic E-state index is 12.4. The van der Waals surface area contributed by atoms with Crippen LogP contribution in [0.3, 0.4) is 0 Å². The number of ketones is 1. The van der Waals surface area contributed by atoms with Crippen LogP contribution in [-0.4, -0.2) is 24.0 Å². The van der Waals surface area contributed by atoms with Gasteiger partial charge in [0.15, 0.2) is 0 Å². The Balaban J connectivity index is 3.19. The Labute approximate surface area is 153 Å². The summed E-state index contributed by atoms with van der Waals surface area (Å²) < 4.78 is 10.3. The van der Waals surface area contributed by atoms with Crippen molar-refractivity contribution >= 4 is 24.0 Å². The topological polar surface area (TPSA) is 86.7 Å². The predicted octanol–water partition coefficient (Wildman–Crippen LogP) is 3.22. The Hall–Kier alpha value is -2.50. The van der Waals surface area contributed by atoms with Gasteiger partial charge in [-0.1, -0.05) is 20.3 Å². The Morgan fingerprint density at radius 3 is 2.00 bits per heavy atom. The largest absolute Gasteiger partial charge is 0.426 e. The molecule has 0 atom stereocenters. The number of aldehydes is 1. The highest BCUT2D eigenvalue weighted by Crippen LogP contribution is 2.32. The SMILES string of the molecule is CC(=O)Oc1ccc(OC(C)=O)c(CC(=O)CCCC(C)C)c1CC=O. The molecule has 0 spiro atoms. The van der Waals surface area contributed by atoms with Crippen LogP contribution in [0.4, 0.5) is 0 Å². The molecule has 0 saturated heterocycles. The normalized spacial score (nSPS) is 10.5. The molecule has 26 heavy (non-hydrogen) atoms. The number of esters is 2. The van der Waals surface area contributed by atoms with E-state index in [9.17, 15) is 19.2 Å². The molecule has 0 radical (unpaired) electrons. The van der Waals surface area contributed by atoms with Gasteiger partial charge in [-0.3, -0.25) is 14.4 Å². The molecule has 1 aromatic rings. The molecule has 0 aromatic heterocycles. The van der Waals surface area contributed by atoms with Crippen LogP contribution in [0.15, 0.2) is 12.1 Å². The summed E-state index contributed by atoms with van der Waals surface area (Å²) in [6.07, 6.45) is 2.73. The second-order valence-electron chi connectivity index (χ2n) is 6.58. The number of hydrogen-bond donors (Lipinski definition) is 0. The lowest BCUT2D eigenvalue weighted by Crippen LogP contribution is -2.13. The minimum atomic E-state index is -0.536. The van der Waals surface area contributed by atoms with Gasteiger partial charge in [-0.15, -0.1) is 0 Å². The zero-order valence-electron chi connectivity index (χ0n) is 15.8. The van der Waals surface area contributed by atoms with Gasteiger partial charge in [-0.2, -0.15) is 0 Å². The van der Waals surface area contributed by atoms with Crippen molar-refractivity contribution in [2.24, 2.45) is 5.92 Å². The molecular weight excluding hydrogens is 336 g/mol. The van der Waals surface area contributed by atoms with E-state index in [0.29, 0.717) is 29.8 Å². The summed E-state index contributed by atoms with van der Waals surface area (Å²) >= 11 is 0. The monoisotopic (exact) mass is 362 g/mol. The number of carbonyl (C=O) groups is 4. The van der Waals surface area contributed by atoms with Crippen LogP contribution in [0.2, 0.25) is 0 Å². The van der Waals surface area contributed by atoms with E-state index in [0.717, 1.165) is 12.8 Å². The van der Waals surface area contributed by atoms with Gasteiger partial charge in [-0.25, -0.2) is 0 Å². The van der Waals surface area contributed by atoms with Crippen molar-refractivity contribution in [2.75, 3.05) is 0 Å². The zero-order valence-corrected chi connectivity index (χ0v) is 15.8. The van der Waals surface area contributed by atoms with Crippen LogP contribution in [0.1, 0.15) is 58.1 Å². The van der Waals surface area contributed by atoms with Crippen LogP contribution in [-0.2, 0) is 32.0 Å². The summed E-state index contributed by atoms with van der Waals surface area (Å²) in [4.78, 5) is 46.2. The summed E-state index contributed by atoms with van der Waals surface area (Å²) in [5.74, 6) is -0.168. The molecule has 0 aliphatic carbocycles. The van der Waals surface area contributed by atoms with Crippen molar-refractivity contribution in [3.8, 4) is 11.5 Å². The first kappa shape index (κ1) is 21.5. The Bertz CT molecular complexity index is 675. The van der Waals surface area contributed by atoms with Crippen LogP contribution < -0.4 is 9.47 Å². The molecule has 0 fully saturated rings. The highest BCUT2D eigenvalue weighted by molar-refractivity contribution is 5.83. The quantitative estimate of drug-likeness (QED) is 0.361. The summed E-state index contributed by atoms with van der Waals surface area (Å²) in [6.45, 7) is 6.69. The molecule has 0 amide bonds. The predicted molar refractivity (Wildman–Crippen MR) is 96.2 cm³/mol. The molecule has 0 aliphatic rings. The third-order valence-electron chi connectivity index (χ3n) is 3.75. The Kier molecular flexibility index (Phi) is 8.68. The van der Waals surface area contributed by atoms with Crippen molar-refractivity contribution < 1.29 is 28.7 Å². The van der Waals surface area contributed by atoms with Gasteiger partial charge < -0.3 is 14.3 Å². The van der Waals surface area contributed by atoms with E-state index in [-0.39, 0.29) is 30.1 Å². The lowest BCUT2D eigenvalue weighted by atomic mass is 9.95. The van der Waals surface area contributed by atoms with Gasteiger partial charge in [0.2, 0.25) is 0 Å². The first-order chi connectivity index (χ1) is 12.2. The molecule has 0 unspecified atom stereocenters. The molecule has 0 aliphatic heterocycles. The van der Waals surface area contributed by atoms with Gasteiger partial charge >= 0.3 is 11.9 Å². The van der Waals surface area contributed by atoms with E-state index in [1.807, 2.05) is 0 Å². The van der Waals surface area contributed by atoms with Gasteiger partial charge in [-0.05, 0) is 24.5 Å². The van der Waals surface area contributed by atoms with Gasteiger partial charge in [0.25, 0.3) is 0 Å². The van der Waals surface area contributed by atoms with E-state index in [2.05, 4.69) is 13.8 Å². The van der Waals surface area contributed by atoms with E-state index in [1.54, 1.807) is 0 Å². The number of benzene rings is 1. The van der Waals surface area contributed by atoms with Crippen molar-refractivity contribution in [3.05, 3.63) is 23.3 Å². The fourth-order valence-corrected chi connectivity index (χ4v) is 2.64. The maximum Gasteiger partial charge on any atom is 0.308 e. The van der Waals surface area contributed by atoms with Crippen molar-refractivity contribution in [2.45, 2.75) is 59.8 Å². The fourth-order valence-electron chi connectivity index (χ4n) is 2.64. The molecule has 1 aromatic carbocycles. The van der Waals surface area contributed by atoms with Crippen LogP contribution in [0.5, 0.6) is 11.5 Å². The second kappa shape index (κ2) is 10.5. The summed E-state index contributed by atoms with van der Waals surface area (Å²) in [6, 6.07) is 2.94. The summed E-state index contributed by atoms with van der Waals surface area (Å²) in [5.41, 5.74) is 0.812. The summed E-state index contributed by atoms with van der Waals surface area (Å²) in [7, 11) is 0. The third kappa shape index (κ3) is 7.17. The van der Waals surface area contributed by atoms with Crippen LogP contribution >= 0.6 is 0 Å². The highest BCUT2D eigenvalue weighted by Gasteiger charge is 2.20. The smallest absolute Gasteiger partial charge is 0.308 e. The third-order valence-corrected chi connectivity index (χ3v) is 3.75. The number of hydrogen-bond acceptors (Lipinski definition) is 6. The van der Waals surface area contributed by atoms with Crippen molar-refractivity contribution in [1.82, 2.24) is 0 Å². The van der Waals surface area contributed by atoms with Crippen LogP contribution in [0, 0.1) is 5.92 Å². The molecule has 6 heteroatoms. The first-order valence-electron chi connectivity index (χ1n) is 8.71. The lowest BCUT2D eigenvalue weighted by Gasteiger charge is -2.16. The van der Waals surface area contributed by atoms with Gasteiger partial charge in [0, 0.05) is 44.2 Å². The molecule has 142 valence electrons. The van der Waals surface area contributed by atoms with E-state index in [1.165, 1.54) is 26.0 Å². The number of ether oxygens (including phenoxy) is 2. The zero-order chi connectivity index (χ0) is 19.7. The molecule has 1 rings (SSSR count). The van der Waals surface area contributed by atoms with Crippen LogP contribution in [0.25, 0.3) is 0 Å². The first-order valence-corrected chi connectivity index (χ1v) is 8.71. The fraction of sp³-hybridized carbons (Fsp3) is 0.500. The Morgan fingerprint density at radius 1 is 1.00 bits per heavy atom. The molecule has 0 heterocycles. The van der Waals surface area contributed by atoms with Gasteiger partial charge in [0.05, 0.1) is 0 Å². The molecule has 6 nitrogen and oxygen atoms in total. The lowest BCUT2D eigenvalue weighted by molar-refractivity contribution is -0.133. The Morgan fingerprint density at radius 2 is 1.54 bits per heavy atom. The average Bonchev–Trinajstić information content (AvgIpc) is 2.51. The second-order valence-corrected chi connectivity index (χ2v) is 6.58. The molecule has 0 saturated carbocycles. The van der Waals surface area contributed by atoms with Crippen molar-refractivity contribution in [3.63, 3.8) is 0 Å². The number of rotatable bonds is 10. The van der Waals surface area contributed by atoms with Gasteiger partial charge in [0.1, 0.15) is 23.6 Å². The standard InChI is InChI=1S/C20H26O6/c1-13(2)6-5-7-16(24)12-18-17(10-11-21)19(25-14(3)22)8-9-20(18)26-15(4)23/h8-9,11,13H,5-7,10,12H2,1-4H3. The molecule has 0 N–H and O–H groups in total.